The molecular weight excluding hydrogens is 180 g/mol. The second-order valence-corrected chi connectivity index (χ2v) is 4.46. The molecule has 3 N–H and O–H groups in total. The van der Waals surface area contributed by atoms with Gasteiger partial charge in [-0.05, 0) is 18.8 Å². The highest BCUT2D eigenvalue weighted by atomic mass is 16.3. The molecule has 1 unspecified atom stereocenters. The molecule has 4 heteroatoms. The number of hydrogen-bond donors (Lipinski definition) is 3. The Bertz CT molecular complexity index is 175. The largest absolute Gasteiger partial charge is 0.393 e. The second-order valence-electron chi connectivity index (χ2n) is 4.46. The van der Waals surface area contributed by atoms with Crippen molar-refractivity contribution < 1.29 is 9.90 Å². The number of urea groups is 1. The summed E-state index contributed by atoms with van der Waals surface area (Å²) in [6.45, 7) is 8.92. The summed E-state index contributed by atoms with van der Waals surface area (Å²) in [5, 5.41) is 15.0. The molecule has 1 atom stereocenters. The summed E-state index contributed by atoms with van der Waals surface area (Å²) >= 11 is 0. The van der Waals surface area contributed by atoms with Crippen LogP contribution in [0.1, 0.15) is 34.1 Å². The van der Waals surface area contributed by atoms with Gasteiger partial charge in [0, 0.05) is 13.1 Å². The maximum atomic E-state index is 11.0. The van der Waals surface area contributed by atoms with E-state index in [1.165, 1.54) is 0 Å². The molecule has 2 amide bonds. The van der Waals surface area contributed by atoms with Gasteiger partial charge in [0.2, 0.25) is 0 Å². The number of carbonyl (C=O) groups excluding carboxylic acids is 1. The van der Waals surface area contributed by atoms with E-state index in [-0.39, 0.29) is 17.6 Å². The minimum absolute atomic E-state index is 0.122. The van der Waals surface area contributed by atoms with Crippen LogP contribution in [0, 0.1) is 5.41 Å². The molecule has 0 aliphatic heterocycles. The van der Waals surface area contributed by atoms with Crippen LogP contribution in [0.15, 0.2) is 0 Å². The number of amides is 2. The van der Waals surface area contributed by atoms with Gasteiger partial charge < -0.3 is 15.7 Å². The summed E-state index contributed by atoms with van der Waals surface area (Å²) < 4.78 is 0. The zero-order valence-electron chi connectivity index (χ0n) is 9.55. The zero-order chi connectivity index (χ0) is 11.2. The minimum Gasteiger partial charge on any atom is -0.393 e. The molecule has 0 rings (SSSR count). The Labute approximate surface area is 86.1 Å². The molecule has 84 valence electrons. The molecular formula is C10H22N2O2. The van der Waals surface area contributed by atoms with Crippen molar-refractivity contribution in [3.8, 4) is 0 Å². The summed E-state index contributed by atoms with van der Waals surface area (Å²) in [6, 6.07) is -0.173. The molecule has 0 heterocycles. The first-order valence-corrected chi connectivity index (χ1v) is 5.07. The van der Waals surface area contributed by atoms with Crippen molar-refractivity contribution in [1.82, 2.24) is 10.6 Å². The van der Waals surface area contributed by atoms with E-state index in [4.69, 9.17) is 0 Å². The standard InChI is InChI=1S/C10H22N2O2/c1-5-11-9(14)12-7-6-8(13)10(2,3)4/h8,13H,5-7H2,1-4H3,(H2,11,12,14). The van der Waals surface area contributed by atoms with Gasteiger partial charge in [0.05, 0.1) is 6.10 Å². The van der Waals surface area contributed by atoms with Gasteiger partial charge in [0.25, 0.3) is 0 Å². The van der Waals surface area contributed by atoms with Gasteiger partial charge >= 0.3 is 6.03 Å². The first-order chi connectivity index (χ1) is 6.38. The Morgan fingerprint density at radius 1 is 1.36 bits per heavy atom. The molecule has 0 aliphatic rings. The van der Waals surface area contributed by atoms with Crippen molar-refractivity contribution in [2.45, 2.75) is 40.2 Å². The molecule has 0 fully saturated rings. The Morgan fingerprint density at radius 3 is 2.36 bits per heavy atom. The van der Waals surface area contributed by atoms with E-state index in [0.717, 1.165) is 0 Å². The Balaban J connectivity index is 3.59. The van der Waals surface area contributed by atoms with E-state index in [9.17, 15) is 9.90 Å². The monoisotopic (exact) mass is 202 g/mol. The van der Waals surface area contributed by atoms with E-state index in [2.05, 4.69) is 10.6 Å². The van der Waals surface area contributed by atoms with Crippen molar-refractivity contribution >= 4 is 6.03 Å². The van der Waals surface area contributed by atoms with Gasteiger partial charge in [-0.2, -0.15) is 0 Å². The lowest BCUT2D eigenvalue weighted by molar-refractivity contribution is 0.0564. The fourth-order valence-electron chi connectivity index (χ4n) is 0.978. The quantitative estimate of drug-likeness (QED) is 0.639. The lowest BCUT2D eigenvalue weighted by Gasteiger charge is -2.25. The molecule has 0 saturated heterocycles. The number of aliphatic hydroxyl groups is 1. The third-order valence-corrected chi connectivity index (χ3v) is 2.04. The molecule has 0 aromatic heterocycles. The molecule has 0 radical (unpaired) electrons. The number of nitrogens with one attached hydrogen (secondary N) is 2. The van der Waals surface area contributed by atoms with Gasteiger partial charge in [-0.3, -0.25) is 0 Å². The fraction of sp³-hybridized carbons (Fsp3) is 0.900. The number of aliphatic hydroxyl groups excluding tert-OH is 1. The lowest BCUT2D eigenvalue weighted by Crippen LogP contribution is -2.38. The van der Waals surface area contributed by atoms with Crippen LogP contribution in [0.5, 0.6) is 0 Å². The summed E-state index contributed by atoms with van der Waals surface area (Å²) in [7, 11) is 0. The van der Waals surface area contributed by atoms with E-state index in [0.29, 0.717) is 19.5 Å². The zero-order valence-corrected chi connectivity index (χ0v) is 9.55. The SMILES string of the molecule is CCNC(=O)NCCC(O)C(C)(C)C. The van der Waals surface area contributed by atoms with Crippen LogP contribution in [0.3, 0.4) is 0 Å². The van der Waals surface area contributed by atoms with Crippen molar-refractivity contribution in [2.75, 3.05) is 13.1 Å². The molecule has 4 nitrogen and oxygen atoms in total. The van der Waals surface area contributed by atoms with Gasteiger partial charge in [0.1, 0.15) is 0 Å². The highest BCUT2D eigenvalue weighted by molar-refractivity contribution is 5.73. The minimum atomic E-state index is -0.385. The van der Waals surface area contributed by atoms with Crippen molar-refractivity contribution in [3.63, 3.8) is 0 Å². The highest BCUT2D eigenvalue weighted by Gasteiger charge is 2.21. The van der Waals surface area contributed by atoms with Crippen LogP contribution in [0.2, 0.25) is 0 Å². The summed E-state index contributed by atoms with van der Waals surface area (Å²) in [5.41, 5.74) is -0.122. The number of rotatable bonds is 4. The van der Waals surface area contributed by atoms with Crippen LogP contribution in [0.4, 0.5) is 4.79 Å². The predicted molar refractivity (Wildman–Crippen MR) is 57.2 cm³/mol. The normalized spacial score (nSPS) is 13.5. The number of hydrogen-bond acceptors (Lipinski definition) is 2. The Hall–Kier alpha value is -0.770. The van der Waals surface area contributed by atoms with E-state index in [1.807, 2.05) is 27.7 Å². The van der Waals surface area contributed by atoms with Crippen LogP contribution < -0.4 is 10.6 Å². The van der Waals surface area contributed by atoms with Crippen molar-refractivity contribution in [3.05, 3.63) is 0 Å². The first-order valence-electron chi connectivity index (χ1n) is 5.07. The van der Waals surface area contributed by atoms with Gasteiger partial charge in [-0.25, -0.2) is 4.79 Å². The third-order valence-electron chi connectivity index (χ3n) is 2.04. The average Bonchev–Trinajstić information content (AvgIpc) is 2.02. The average molecular weight is 202 g/mol. The van der Waals surface area contributed by atoms with E-state index >= 15 is 0 Å². The van der Waals surface area contributed by atoms with Gasteiger partial charge in [-0.1, -0.05) is 20.8 Å². The molecule has 0 aliphatic carbocycles. The van der Waals surface area contributed by atoms with Crippen LogP contribution in [-0.2, 0) is 0 Å². The molecule has 0 saturated carbocycles. The van der Waals surface area contributed by atoms with Crippen LogP contribution in [0.25, 0.3) is 0 Å². The van der Waals surface area contributed by atoms with E-state index in [1.54, 1.807) is 0 Å². The number of carbonyl (C=O) groups is 1. The van der Waals surface area contributed by atoms with E-state index < -0.39 is 0 Å². The summed E-state index contributed by atoms with van der Waals surface area (Å²) in [4.78, 5) is 11.0. The maximum Gasteiger partial charge on any atom is 0.314 e. The van der Waals surface area contributed by atoms with Gasteiger partial charge in [-0.15, -0.1) is 0 Å². The topological polar surface area (TPSA) is 61.4 Å². The third kappa shape index (κ3) is 5.80. The summed E-state index contributed by atoms with van der Waals surface area (Å²) in [6.07, 6.45) is 0.199. The van der Waals surface area contributed by atoms with Crippen molar-refractivity contribution in [2.24, 2.45) is 5.41 Å². The first kappa shape index (κ1) is 13.2. The van der Waals surface area contributed by atoms with Gasteiger partial charge in [0.15, 0.2) is 0 Å². The fourth-order valence-corrected chi connectivity index (χ4v) is 0.978. The molecule has 0 aromatic rings. The second kappa shape index (κ2) is 5.86. The Kier molecular flexibility index (Phi) is 5.53. The Morgan fingerprint density at radius 2 is 1.93 bits per heavy atom. The molecule has 0 bridgehead atoms. The smallest absolute Gasteiger partial charge is 0.314 e. The van der Waals surface area contributed by atoms with Crippen LogP contribution >= 0.6 is 0 Å². The highest BCUT2D eigenvalue weighted by Crippen LogP contribution is 2.20. The maximum absolute atomic E-state index is 11.0. The molecule has 0 aromatic carbocycles. The molecule has 0 spiro atoms. The summed E-state index contributed by atoms with van der Waals surface area (Å²) in [5.74, 6) is 0. The lowest BCUT2D eigenvalue weighted by atomic mass is 9.87. The predicted octanol–water partition coefficient (Wildman–Crippen LogP) is 1.10. The van der Waals surface area contributed by atoms with Crippen molar-refractivity contribution in [1.29, 1.82) is 0 Å². The van der Waals surface area contributed by atoms with Crippen LogP contribution in [-0.4, -0.2) is 30.3 Å². The molecule has 14 heavy (non-hydrogen) atoms.